The van der Waals surface area contributed by atoms with Gasteiger partial charge in [-0.3, -0.25) is 4.98 Å². The fourth-order valence-electron chi connectivity index (χ4n) is 2.37. The molecule has 0 radical (unpaired) electrons. The van der Waals surface area contributed by atoms with Crippen LogP contribution in [0.15, 0.2) is 18.3 Å². The van der Waals surface area contributed by atoms with Gasteiger partial charge in [-0.25, -0.2) is 0 Å². The lowest BCUT2D eigenvalue weighted by atomic mass is 10.0. The number of pyridine rings is 1. The summed E-state index contributed by atoms with van der Waals surface area (Å²) in [6.07, 6.45) is 5.32. The fraction of sp³-hybridized carbons (Fsp3) is 0.615. The molecule has 0 amide bonds. The molecule has 1 aliphatic rings. The van der Waals surface area contributed by atoms with Crippen LogP contribution in [0, 0.1) is 0 Å². The maximum atomic E-state index is 9.38. The van der Waals surface area contributed by atoms with Crippen molar-refractivity contribution in [2.75, 3.05) is 18.1 Å². The molecule has 0 aromatic carbocycles. The first-order valence-corrected chi connectivity index (χ1v) is 6.31. The predicted octanol–water partition coefficient (Wildman–Crippen LogP) is 1.45. The van der Waals surface area contributed by atoms with E-state index in [0.717, 1.165) is 24.3 Å². The zero-order valence-corrected chi connectivity index (χ0v) is 10.3. The summed E-state index contributed by atoms with van der Waals surface area (Å²) in [4.78, 5) is 6.63. The highest BCUT2D eigenvalue weighted by molar-refractivity contribution is 5.46. The van der Waals surface area contributed by atoms with E-state index in [0.29, 0.717) is 0 Å². The molecule has 0 aliphatic carbocycles. The van der Waals surface area contributed by atoms with Gasteiger partial charge >= 0.3 is 0 Å². The van der Waals surface area contributed by atoms with Crippen molar-refractivity contribution in [1.29, 1.82) is 0 Å². The van der Waals surface area contributed by atoms with Gasteiger partial charge in [-0.05, 0) is 38.3 Å². The molecular formula is C13H21N3O. The Bertz CT molecular complexity index is 350. The van der Waals surface area contributed by atoms with E-state index in [1.807, 2.05) is 19.2 Å². The number of hydrogen-bond acceptors (Lipinski definition) is 4. The van der Waals surface area contributed by atoms with Gasteiger partial charge in [0, 0.05) is 12.6 Å². The van der Waals surface area contributed by atoms with Crippen LogP contribution in [0.5, 0.6) is 0 Å². The number of anilines is 1. The summed E-state index contributed by atoms with van der Waals surface area (Å²) in [5.74, 6) is 0. The van der Waals surface area contributed by atoms with Crippen LogP contribution in [0.2, 0.25) is 0 Å². The third kappa shape index (κ3) is 2.76. The second kappa shape index (κ2) is 5.47. The molecule has 94 valence electrons. The van der Waals surface area contributed by atoms with Crippen molar-refractivity contribution in [3.8, 4) is 0 Å². The molecule has 1 aromatic rings. The normalized spacial score (nSPS) is 22.5. The smallest absolute Gasteiger partial charge is 0.0635 e. The monoisotopic (exact) mass is 235 g/mol. The highest BCUT2D eigenvalue weighted by Gasteiger charge is 2.22. The van der Waals surface area contributed by atoms with Gasteiger partial charge in [-0.1, -0.05) is 0 Å². The first-order valence-electron chi connectivity index (χ1n) is 6.31. The van der Waals surface area contributed by atoms with E-state index in [9.17, 15) is 5.11 Å². The van der Waals surface area contributed by atoms with Crippen LogP contribution in [-0.2, 0) is 0 Å². The summed E-state index contributed by atoms with van der Waals surface area (Å²) < 4.78 is 0. The second-order valence-corrected chi connectivity index (χ2v) is 4.76. The summed E-state index contributed by atoms with van der Waals surface area (Å²) in [5, 5.41) is 9.38. The molecule has 1 fully saturated rings. The molecule has 0 saturated carbocycles. The Hall–Kier alpha value is -1.13. The van der Waals surface area contributed by atoms with Crippen molar-refractivity contribution < 1.29 is 5.11 Å². The van der Waals surface area contributed by atoms with E-state index < -0.39 is 0 Å². The average molecular weight is 235 g/mol. The minimum Gasteiger partial charge on any atom is -0.394 e. The number of nitrogens with zero attached hydrogens (tertiary/aromatic N) is 2. The molecule has 0 bridgehead atoms. The zero-order valence-electron chi connectivity index (χ0n) is 10.3. The third-order valence-corrected chi connectivity index (χ3v) is 3.41. The second-order valence-electron chi connectivity index (χ2n) is 4.76. The molecule has 4 heteroatoms. The van der Waals surface area contributed by atoms with Gasteiger partial charge in [0.05, 0.1) is 30.2 Å². The Morgan fingerprint density at radius 2 is 2.35 bits per heavy atom. The third-order valence-electron chi connectivity index (χ3n) is 3.41. The van der Waals surface area contributed by atoms with E-state index in [1.54, 1.807) is 0 Å². The van der Waals surface area contributed by atoms with Gasteiger partial charge in [-0.15, -0.1) is 0 Å². The van der Waals surface area contributed by atoms with Crippen LogP contribution < -0.4 is 10.6 Å². The first-order chi connectivity index (χ1) is 8.22. The predicted molar refractivity (Wildman–Crippen MR) is 68.9 cm³/mol. The van der Waals surface area contributed by atoms with Gasteiger partial charge < -0.3 is 15.7 Å². The number of aromatic nitrogens is 1. The molecule has 2 unspecified atom stereocenters. The lowest BCUT2D eigenvalue weighted by Crippen LogP contribution is -2.42. The van der Waals surface area contributed by atoms with Gasteiger partial charge in [-0.2, -0.15) is 0 Å². The molecule has 1 aliphatic heterocycles. The summed E-state index contributed by atoms with van der Waals surface area (Å²) in [6, 6.07) is 4.24. The SMILES string of the molecule is CC(N)c1ccc(N2CCCCC2CO)cn1. The highest BCUT2D eigenvalue weighted by atomic mass is 16.3. The molecule has 2 atom stereocenters. The van der Waals surface area contributed by atoms with Crippen molar-refractivity contribution in [3.05, 3.63) is 24.0 Å². The van der Waals surface area contributed by atoms with Crippen molar-refractivity contribution in [1.82, 2.24) is 4.98 Å². The molecular weight excluding hydrogens is 214 g/mol. The van der Waals surface area contributed by atoms with Gasteiger partial charge in [0.15, 0.2) is 0 Å². The van der Waals surface area contributed by atoms with Crippen molar-refractivity contribution in [2.45, 2.75) is 38.3 Å². The zero-order chi connectivity index (χ0) is 12.3. The lowest BCUT2D eigenvalue weighted by molar-refractivity contribution is 0.240. The first kappa shape index (κ1) is 12.3. The van der Waals surface area contributed by atoms with E-state index in [1.165, 1.54) is 12.8 Å². The van der Waals surface area contributed by atoms with Crippen LogP contribution in [0.4, 0.5) is 5.69 Å². The van der Waals surface area contributed by atoms with Crippen molar-refractivity contribution in [3.63, 3.8) is 0 Å². The standard InChI is InChI=1S/C13H21N3O/c1-10(14)13-6-5-11(8-15-13)16-7-3-2-4-12(16)9-17/h5-6,8,10,12,17H,2-4,7,9,14H2,1H3. The maximum absolute atomic E-state index is 9.38. The average Bonchev–Trinajstić information content (AvgIpc) is 2.39. The van der Waals surface area contributed by atoms with Crippen LogP contribution >= 0.6 is 0 Å². The Kier molecular flexibility index (Phi) is 3.97. The molecule has 1 saturated heterocycles. The summed E-state index contributed by atoms with van der Waals surface area (Å²) in [5.41, 5.74) is 7.78. The quantitative estimate of drug-likeness (QED) is 0.832. The lowest BCUT2D eigenvalue weighted by Gasteiger charge is -2.36. The topological polar surface area (TPSA) is 62.4 Å². The maximum Gasteiger partial charge on any atom is 0.0635 e. The number of hydrogen-bond donors (Lipinski definition) is 2. The molecule has 2 rings (SSSR count). The number of rotatable bonds is 3. The Morgan fingerprint density at radius 3 is 2.94 bits per heavy atom. The fourth-order valence-corrected chi connectivity index (χ4v) is 2.37. The minimum atomic E-state index is -0.0287. The van der Waals surface area contributed by atoms with Gasteiger partial charge in [0.1, 0.15) is 0 Å². The van der Waals surface area contributed by atoms with Crippen molar-refractivity contribution in [2.24, 2.45) is 5.73 Å². The van der Waals surface area contributed by atoms with E-state index in [2.05, 4.69) is 16.0 Å². The van der Waals surface area contributed by atoms with Crippen LogP contribution in [0.1, 0.15) is 37.9 Å². The van der Waals surface area contributed by atoms with Crippen LogP contribution in [-0.4, -0.2) is 29.3 Å². The van der Waals surface area contributed by atoms with Gasteiger partial charge in [0.25, 0.3) is 0 Å². The number of nitrogens with two attached hydrogens (primary N) is 1. The molecule has 3 N–H and O–H groups in total. The highest BCUT2D eigenvalue weighted by Crippen LogP contribution is 2.24. The molecule has 2 heterocycles. The summed E-state index contributed by atoms with van der Waals surface area (Å²) >= 11 is 0. The van der Waals surface area contributed by atoms with E-state index >= 15 is 0 Å². The van der Waals surface area contributed by atoms with E-state index in [-0.39, 0.29) is 18.7 Å². The van der Waals surface area contributed by atoms with E-state index in [4.69, 9.17) is 5.73 Å². The number of aliphatic hydroxyl groups is 1. The summed E-state index contributed by atoms with van der Waals surface area (Å²) in [6.45, 7) is 3.15. The minimum absolute atomic E-state index is 0.0287. The molecule has 0 spiro atoms. The Morgan fingerprint density at radius 1 is 1.53 bits per heavy atom. The van der Waals surface area contributed by atoms with Crippen molar-refractivity contribution >= 4 is 5.69 Å². The number of aliphatic hydroxyl groups excluding tert-OH is 1. The summed E-state index contributed by atoms with van der Waals surface area (Å²) in [7, 11) is 0. The number of piperidine rings is 1. The van der Waals surface area contributed by atoms with Gasteiger partial charge in [0.2, 0.25) is 0 Å². The Labute approximate surface area is 102 Å². The molecule has 17 heavy (non-hydrogen) atoms. The molecule has 4 nitrogen and oxygen atoms in total. The van der Waals surface area contributed by atoms with Crippen LogP contribution in [0.3, 0.4) is 0 Å². The largest absolute Gasteiger partial charge is 0.394 e. The Balaban J connectivity index is 2.15. The van der Waals surface area contributed by atoms with Crippen LogP contribution in [0.25, 0.3) is 0 Å². The molecule has 1 aromatic heterocycles.